The molecule has 8 heteroatoms. The van der Waals surface area contributed by atoms with Crippen molar-refractivity contribution in [1.82, 2.24) is 9.55 Å². The number of rotatable bonds is 9. The van der Waals surface area contributed by atoms with Gasteiger partial charge in [-0.3, -0.25) is 0 Å². The van der Waals surface area contributed by atoms with E-state index < -0.39 is 14.0 Å². The number of benzene rings is 2. The van der Waals surface area contributed by atoms with Crippen LogP contribution in [0.3, 0.4) is 0 Å². The van der Waals surface area contributed by atoms with E-state index in [9.17, 15) is 9.90 Å². The van der Waals surface area contributed by atoms with Crippen molar-refractivity contribution < 1.29 is 14.6 Å². The molecule has 2 aromatic carbocycles. The molecule has 2 aromatic heterocycles. The molecule has 0 bridgehead atoms. The lowest BCUT2D eigenvalue weighted by Crippen LogP contribution is -2.22. The summed E-state index contributed by atoms with van der Waals surface area (Å²) in [6.07, 6.45) is 0. The first-order chi connectivity index (χ1) is 17.2. The summed E-state index contributed by atoms with van der Waals surface area (Å²) in [6.45, 7) is 9.55. The first-order valence-electron chi connectivity index (χ1n) is 11.9. The zero-order valence-electron chi connectivity index (χ0n) is 21.0. The maximum absolute atomic E-state index is 12.2. The Balaban J connectivity index is 1.81. The van der Waals surface area contributed by atoms with Crippen molar-refractivity contribution in [3.05, 3.63) is 93.6 Å². The van der Waals surface area contributed by atoms with Crippen LogP contribution in [0.4, 0.5) is 5.82 Å². The summed E-state index contributed by atoms with van der Waals surface area (Å²) >= 11 is 3.50. The average Bonchev–Trinajstić information content (AvgIpc) is 3.11. The Hall–Kier alpha value is -3.07. The number of carboxylic acids is 1. The smallest absolute Gasteiger partial charge is 0.353 e. The van der Waals surface area contributed by atoms with E-state index in [-0.39, 0.29) is 12.4 Å². The fourth-order valence-electron chi connectivity index (χ4n) is 3.89. The molecule has 0 unspecified atom stereocenters. The number of aromatic nitrogens is 2. The summed E-state index contributed by atoms with van der Waals surface area (Å²) < 4.78 is 8.02. The number of fused-ring (bicyclic) bond motifs is 1. The predicted molar refractivity (Wildman–Crippen MR) is 151 cm³/mol. The quantitative estimate of drug-likeness (QED) is 0.132. The highest BCUT2D eigenvalue weighted by Crippen LogP contribution is 2.34. The van der Waals surface area contributed by atoms with Crippen LogP contribution in [-0.2, 0) is 11.5 Å². The van der Waals surface area contributed by atoms with Crippen LogP contribution in [0, 0.1) is 6.92 Å². The molecule has 4 rings (SSSR count). The Morgan fingerprint density at radius 2 is 1.64 bits per heavy atom. The van der Waals surface area contributed by atoms with Crippen molar-refractivity contribution in [2.45, 2.75) is 39.3 Å². The second kappa shape index (κ2) is 10.9. The monoisotopic (exact) mass is 563 g/mol. The van der Waals surface area contributed by atoms with Crippen LogP contribution in [0.15, 0.2) is 76.2 Å². The first-order valence-corrected chi connectivity index (χ1v) is 16.4. The molecule has 0 atom stereocenters. The van der Waals surface area contributed by atoms with Gasteiger partial charge in [-0.2, -0.15) is 0 Å². The normalized spacial score (nSPS) is 11.6. The summed E-state index contributed by atoms with van der Waals surface area (Å²) in [5.74, 6) is -0.495. The standard InChI is InChI=1S/C28H30BrN3O3Si/c1-19-17-22-25(23(29)26(28(33)34)32(22)18-35-15-16-36(2,3)4)31-27(19)30-24(20-11-7-5-8-12-20)21-13-9-6-10-14-21/h5-14,17H,15-16,18H2,1-4H3,(H,33,34). The zero-order valence-corrected chi connectivity index (χ0v) is 23.5. The Morgan fingerprint density at radius 3 is 2.17 bits per heavy atom. The minimum absolute atomic E-state index is 0.123. The van der Waals surface area contributed by atoms with Crippen molar-refractivity contribution in [2.24, 2.45) is 4.99 Å². The van der Waals surface area contributed by atoms with E-state index in [0.29, 0.717) is 27.9 Å². The highest BCUT2D eigenvalue weighted by molar-refractivity contribution is 9.10. The number of nitrogens with zero attached hydrogens (tertiary/aromatic N) is 3. The minimum atomic E-state index is -1.25. The number of hydrogen-bond donors (Lipinski definition) is 1. The van der Waals surface area contributed by atoms with Gasteiger partial charge in [0.05, 0.1) is 15.7 Å². The van der Waals surface area contributed by atoms with Gasteiger partial charge in [0.15, 0.2) is 5.82 Å². The van der Waals surface area contributed by atoms with Crippen LogP contribution in [-0.4, -0.2) is 41.0 Å². The summed E-state index contributed by atoms with van der Waals surface area (Å²) in [4.78, 5) is 22.0. The third-order valence-corrected chi connectivity index (χ3v) is 8.33. The summed E-state index contributed by atoms with van der Waals surface area (Å²) in [6, 6.07) is 22.9. The second-order valence-corrected chi connectivity index (χ2v) is 16.3. The molecule has 6 nitrogen and oxygen atoms in total. The van der Waals surface area contributed by atoms with E-state index in [0.717, 1.165) is 28.4 Å². The number of pyridine rings is 1. The Morgan fingerprint density at radius 1 is 1.06 bits per heavy atom. The van der Waals surface area contributed by atoms with Gasteiger partial charge in [0.2, 0.25) is 0 Å². The third kappa shape index (κ3) is 5.83. The van der Waals surface area contributed by atoms with Gasteiger partial charge >= 0.3 is 5.97 Å². The van der Waals surface area contributed by atoms with Crippen molar-refractivity contribution in [3.8, 4) is 0 Å². The van der Waals surface area contributed by atoms with E-state index in [1.807, 2.05) is 73.7 Å². The second-order valence-electron chi connectivity index (χ2n) is 9.93. The van der Waals surface area contributed by atoms with Crippen LogP contribution < -0.4 is 0 Å². The van der Waals surface area contributed by atoms with Gasteiger partial charge in [0, 0.05) is 25.8 Å². The molecule has 0 aliphatic carbocycles. The van der Waals surface area contributed by atoms with Crippen LogP contribution in [0.2, 0.25) is 25.7 Å². The van der Waals surface area contributed by atoms with E-state index in [2.05, 4.69) is 35.6 Å². The molecule has 186 valence electrons. The number of aromatic carboxylic acids is 1. The summed E-state index contributed by atoms with van der Waals surface area (Å²) in [7, 11) is -1.25. The van der Waals surface area contributed by atoms with Crippen molar-refractivity contribution >= 4 is 52.5 Å². The van der Waals surface area contributed by atoms with E-state index in [1.165, 1.54) is 0 Å². The molecule has 0 saturated carbocycles. The number of carboxylic acid groups (broad SMARTS) is 1. The molecular formula is C28H30BrN3O3Si. The number of hydrogen-bond acceptors (Lipinski definition) is 4. The van der Waals surface area contributed by atoms with Crippen molar-refractivity contribution in [1.29, 1.82) is 0 Å². The SMILES string of the molecule is Cc1cc2c(nc1N=C(c1ccccc1)c1ccccc1)c(Br)c(C(=O)O)n2COCC[Si](C)(C)C. The van der Waals surface area contributed by atoms with Crippen molar-refractivity contribution in [2.75, 3.05) is 6.61 Å². The highest BCUT2D eigenvalue weighted by Gasteiger charge is 2.24. The third-order valence-electron chi connectivity index (χ3n) is 5.87. The maximum Gasteiger partial charge on any atom is 0.353 e. The van der Waals surface area contributed by atoms with Gasteiger partial charge in [-0.25, -0.2) is 14.8 Å². The highest BCUT2D eigenvalue weighted by atomic mass is 79.9. The van der Waals surface area contributed by atoms with Gasteiger partial charge in [-0.05, 0) is 40.5 Å². The summed E-state index contributed by atoms with van der Waals surface area (Å²) in [5.41, 5.74) is 4.97. The van der Waals surface area contributed by atoms with Crippen LogP contribution in [0.25, 0.3) is 11.0 Å². The van der Waals surface area contributed by atoms with E-state index in [4.69, 9.17) is 14.7 Å². The average molecular weight is 565 g/mol. The van der Waals surface area contributed by atoms with Crippen molar-refractivity contribution in [3.63, 3.8) is 0 Å². The number of aliphatic imine (C=N–C) groups is 1. The molecule has 0 spiro atoms. The fourth-order valence-corrected chi connectivity index (χ4v) is 5.32. The molecule has 0 saturated heterocycles. The van der Waals surface area contributed by atoms with Crippen LogP contribution in [0.5, 0.6) is 0 Å². The topological polar surface area (TPSA) is 76.7 Å². The Bertz CT molecular complexity index is 1370. The molecule has 1 N–H and O–H groups in total. The lowest BCUT2D eigenvalue weighted by atomic mass is 10.0. The Kier molecular flexibility index (Phi) is 7.87. The molecule has 36 heavy (non-hydrogen) atoms. The first kappa shape index (κ1) is 26.0. The van der Waals surface area contributed by atoms with Gasteiger partial charge in [0.25, 0.3) is 0 Å². The van der Waals surface area contributed by atoms with E-state index >= 15 is 0 Å². The lowest BCUT2D eigenvalue weighted by Gasteiger charge is -2.16. The maximum atomic E-state index is 12.2. The molecule has 0 aliphatic heterocycles. The van der Waals surface area contributed by atoms with Crippen LogP contribution >= 0.6 is 15.9 Å². The van der Waals surface area contributed by atoms with E-state index in [1.54, 1.807) is 4.57 Å². The molecular weight excluding hydrogens is 534 g/mol. The number of carbonyl (C=O) groups is 1. The zero-order chi connectivity index (χ0) is 25.9. The number of ether oxygens (including phenoxy) is 1. The lowest BCUT2D eigenvalue weighted by molar-refractivity contribution is 0.0629. The van der Waals surface area contributed by atoms with Gasteiger partial charge in [-0.1, -0.05) is 80.3 Å². The number of halogens is 1. The van der Waals surface area contributed by atoms with Gasteiger partial charge < -0.3 is 14.4 Å². The van der Waals surface area contributed by atoms with Crippen LogP contribution in [0.1, 0.15) is 27.2 Å². The Labute approximate surface area is 220 Å². The molecule has 2 heterocycles. The predicted octanol–water partition coefficient (Wildman–Crippen LogP) is 7.29. The molecule has 0 amide bonds. The summed E-state index contributed by atoms with van der Waals surface area (Å²) in [5, 5.41) is 9.96. The number of aryl methyl sites for hydroxylation is 1. The molecule has 0 fully saturated rings. The molecule has 4 aromatic rings. The van der Waals surface area contributed by atoms with Gasteiger partial charge in [-0.15, -0.1) is 0 Å². The molecule has 0 radical (unpaired) electrons. The van der Waals surface area contributed by atoms with Gasteiger partial charge in [0.1, 0.15) is 17.9 Å². The largest absolute Gasteiger partial charge is 0.477 e. The molecule has 0 aliphatic rings. The minimum Gasteiger partial charge on any atom is -0.477 e. The fraction of sp³-hybridized carbons (Fsp3) is 0.250.